The first-order chi connectivity index (χ1) is 6.34. The summed E-state index contributed by atoms with van der Waals surface area (Å²) in [6.45, 7) is 3.74. The Hall–Kier alpha value is -1.84. The summed E-state index contributed by atoms with van der Waals surface area (Å²) in [6, 6.07) is 1.97. The maximum atomic E-state index is 4.22. The molecular weight excluding hydrogens is 164 g/mol. The number of rotatable bonds is 0. The molecule has 0 aliphatic rings. The van der Waals surface area contributed by atoms with Crippen molar-refractivity contribution in [2.75, 3.05) is 0 Å². The van der Waals surface area contributed by atoms with Gasteiger partial charge in [-0.2, -0.15) is 0 Å². The fourth-order valence-electron chi connectivity index (χ4n) is 1.53. The minimum absolute atomic E-state index is 0.672. The fraction of sp³-hybridized carbons (Fsp3) is 0. The number of aromatic nitrogens is 4. The van der Waals surface area contributed by atoms with Crippen LogP contribution in [-0.4, -0.2) is 19.9 Å². The van der Waals surface area contributed by atoms with Gasteiger partial charge >= 0.3 is 0 Å². The monoisotopic (exact) mass is 171 g/mol. The van der Waals surface area contributed by atoms with Crippen LogP contribution in [0.15, 0.2) is 18.5 Å². The zero-order valence-electron chi connectivity index (χ0n) is 6.83. The Bertz CT molecular complexity index is 575. The highest BCUT2D eigenvalue weighted by molar-refractivity contribution is 6.00. The summed E-state index contributed by atoms with van der Waals surface area (Å²) in [5, 5.41) is 1.06. The molecule has 3 rings (SSSR count). The molecule has 0 aromatic carbocycles. The maximum Gasteiger partial charge on any atom is 0.139 e. The predicted octanol–water partition coefficient (Wildman–Crippen LogP) is 1.62. The Morgan fingerprint density at radius 3 is 3.23 bits per heavy atom. The van der Waals surface area contributed by atoms with E-state index in [1.54, 1.807) is 6.20 Å². The summed E-state index contributed by atoms with van der Waals surface area (Å²) in [5.41, 5.74) is 2.73. The molecule has 63 valence electrons. The molecule has 0 aliphatic heterocycles. The molecule has 0 saturated carbocycles. The third-order valence-corrected chi connectivity index (χ3v) is 2.09. The molecule has 1 radical (unpaired) electrons. The zero-order valence-corrected chi connectivity index (χ0v) is 6.83. The van der Waals surface area contributed by atoms with E-state index in [1.165, 1.54) is 0 Å². The second-order valence-electron chi connectivity index (χ2n) is 2.94. The molecule has 3 aromatic rings. The van der Waals surface area contributed by atoms with Crippen LogP contribution in [0.4, 0.5) is 0 Å². The summed E-state index contributed by atoms with van der Waals surface area (Å²) in [5.74, 6) is 0.672. The van der Waals surface area contributed by atoms with Crippen LogP contribution in [0.25, 0.3) is 22.1 Å². The lowest BCUT2D eigenvalue weighted by Gasteiger charge is -1.89. The van der Waals surface area contributed by atoms with Gasteiger partial charge in [0.15, 0.2) is 0 Å². The second-order valence-corrected chi connectivity index (χ2v) is 2.94. The van der Waals surface area contributed by atoms with Crippen molar-refractivity contribution in [3.63, 3.8) is 0 Å². The van der Waals surface area contributed by atoms with E-state index in [-0.39, 0.29) is 0 Å². The van der Waals surface area contributed by atoms with Crippen molar-refractivity contribution in [1.82, 2.24) is 19.9 Å². The van der Waals surface area contributed by atoms with Gasteiger partial charge in [-0.05, 0) is 6.07 Å². The molecule has 0 bridgehead atoms. The summed E-state index contributed by atoms with van der Waals surface area (Å²) >= 11 is 0. The van der Waals surface area contributed by atoms with Crippen molar-refractivity contribution >= 4 is 22.1 Å². The molecule has 4 heteroatoms. The van der Waals surface area contributed by atoms with Gasteiger partial charge in [-0.1, -0.05) is 0 Å². The normalized spacial score (nSPS) is 11.5. The number of pyridine rings is 1. The third-order valence-electron chi connectivity index (χ3n) is 2.09. The highest BCUT2D eigenvalue weighted by Crippen LogP contribution is 2.19. The lowest BCUT2D eigenvalue weighted by molar-refractivity contribution is 1.25. The van der Waals surface area contributed by atoms with E-state index < -0.39 is 0 Å². The lowest BCUT2D eigenvalue weighted by atomic mass is 10.3. The molecule has 0 amide bonds. The van der Waals surface area contributed by atoms with E-state index in [4.69, 9.17) is 0 Å². The van der Waals surface area contributed by atoms with E-state index in [0.717, 1.165) is 22.1 Å². The highest BCUT2D eigenvalue weighted by atomic mass is 14.9. The molecule has 0 unspecified atom stereocenters. The van der Waals surface area contributed by atoms with Gasteiger partial charge in [0.1, 0.15) is 17.0 Å². The number of hydrogen-bond acceptors (Lipinski definition) is 2. The van der Waals surface area contributed by atoms with Crippen LogP contribution in [0.5, 0.6) is 0 Å². The van der Waals surface area contributed by atoms with Crippen molar-refractivity contribution in [3.05, 3.63) is 31.2 Å². The van der Waals surface area contributed by atoms with Gasteiger partial charge in [-0.15, -0.1) is 0 Å². The second kappa shape index (κ2) is 2.10. The number of imidazole rings is 1. The Labute approximate surface area is 74.0 Å². The van der Waals surface area contributed by atoms with Crippen molar-refractivity contribution in [1.29, 1.82) is 0 Å². The van der Waals surface area contributed by atoms with E-state index in [2.05, 4.69) is 26.9 Å². The third kappa shape index (κ3) is 0.796. The summed E-state index contributed by atoms with van der Waals surface area (Å²) < 4.78 is 0. The Morgan fingerprint density at radius 1 is 1.38 bits per heavy atom. The first kappa shape index (κ1) is 6.65. The average molecular weight is 171 g/mol. The fourth-order valence-corrected chi connectivity index (χ4v) is 1.53. The molecule has 3 heterocycles. The molecule has 0 aliphatic carbocycles. The first-order valence-electron chi connectivity index (χ1n) is 3.98. The molecule has 0 atom stereocenters. The first-order valence-corrected chi connectivity index (χ1v) is 3.98. The molecule has 3 aromatic heterocycles. The molecule has 13 heavy (non-hydrogen) atoms. The number of nitrogens with one attached hydrogen (secondary N) is 2. The number of fused-ring (bicyclic) bond motifs is 3. The van der Waals surface area contributed by atoms with Crippen LogP contribution in [0.1, 0.15) is 5.82 Å². The number of aromatic amines is 2. The van der Waals surface area contributed by atoms with E-state index in [1.807, 2.05) is 12.3 Å². The van der Waals surface area contributed by atoms with E-state index >= 15 is 0 Å². The van der Waals surface area contributed by atoms with Crippen LogP contribution < -0.4 is 0 Å². The van der Waals surface area contributed by atoms with Crippen LogP contribution >= 0.6 is 0 Å². The Morgan fingerprint density at radius 2 is 2.31 bits per heavy atom. The van der Waals surface area contributed by atoms with Gasteiger partial charge in [-0.3, -0.25) is 0 Å². The topological polar surface area (TPSA) is 57.4 Å². The van der Waals surface area contributed by atoms with Gasteiger partial charge < -0.3 is 9.97 Å². The molecular formula is C9H7N4. The van der Waals surface area contributed by atoms with E-state index in [9.17, 15) is 0 Å². The van der Waals surface area contributed by atoms with Gasteiger partial charge in [-0.25, -0.2) is 9.97 Å². The quantitative estimate of drug-likeness (QED) is 0.540. The number of nitrogens with zero attached hydrogens (tertiary/aromatic N) is 2. The largest absolute Gasteiger partial charge is 0.346 e. The van der Waals surface area contributed by atoms with Crippen LogP contribution in [0.2, 0.25) is 0 Å². The maximum absolute atomic E-state index is 4.22. The SMILES string of the molecule is [CH2]c1nc2cnc3[nH]ccc3c2[nH]1. The zero-order chi connectivity index (χ0) is 8.84. The Kier molecular flexibility index (Phi) is 1.07. The van der Waals surface area contributed by atoms with Crippen molar-refractivity contribution < 1.29 is 0 Å². The Balaban J connectivity index is 2.64. The lowest BCUT2D eigenvalue weighted by Crippen LogP contribution is -1.77. The van der Waals surface area contributed by atoms with Gasteiger partial charge in [0.2, 0.25) is 0 Å². The average Bonchev–Trinajstić information content (AvgIpc) is 2.65. The van der Waals surface area contributed by atoms with Crippen molar-refractivity contribution in [2.24, 2.45) is 0 Å². The van der Waals surface area contributed by atoms with Crippen LogP contribution in [0.3, 0.4) is 0 Å². The molecule has 4 nitrogen and oxygen atoms in total. The van der Waals surface area contributed by atoms with Gasteiger partial charge in [0.25, 0.3) is 0 Å². The number of H-pyrrole nitrogens is 2. The summed E-state index contributed by atoms with van der Waals surface area (Å²) in [4.78, 5) is 14.6. The van der Waals surface area contributed by atoms with Crippen LogP contribution in [-0.2, 0) is 0 Å². The number of hydrogen-bond donors (Lipinski definition) is 2. The van der Waals surface area contributed by atoms with Gasteiger partial charge in [0, 0.05) is 18.5 Å². The predicted molar refractivity (Wildman–Crippen MR) is 50.2 cm³/mol. The minimum Gasteiger partial charge on any atom is -0.346 e. The molecule has 0 fully saturated rings. The molecule has 0 saturated heterocycles. The summed E-state index contributed by atoms with van der Waals surface area (Å²) in [6.07, 6.45) is 3.60. The standard InChI is InChI=1S/C9H7N4/c1-5-12-7-4-11-9-6(2-3-10-9)8(7)13-5/h2-4H,1H2,(H,10,11)(H,12,13). The van der Waals surface area contributed by atoms with Crippen LogP contribution in [0, 0.1) is 6.92 Å². The molecule has 2 N–H and O–H groups in total. The summed E-state index contributed by atoms with van der Waals surface area (Å²) in [7, 11) is 0. The minimum atomic E-state index is 0.672. The van der Waals surface area contributed by atoms with Crippen molar-refractivity contribution in [3.8, 4) is 0 Å². The van der Waals surface area contributed by atoms with Crippen molar-refractivity contribution in [2.45, 2.75) is 0 Å². The smallest absolute Gasteiger partial charge is 0.139 e. The highest BCUT2D eigenvalue weighted by Gasteiger charge is 2.05. The van der Waals surface area contributed by atoms with E-state index in [0.29, 0.717) is 5.82 Å². The molecule has 0 spiro atoms. The van der Waals surface area contributed by atoms with Gasteiger partial charge in [0.05, 0.1) is 11.7 Å².